The monoisotopic (exact) mass is 558 g/mol. The van der Waals surface area contributed by atoms with Crippen molar-refractivity contribution in [3.63, 3.8) is 0 Å². The first kappa shape index (κ1) is 28.1. The highest BCUT2D eigenvalue weighted by Gasteiger charge is 2.33. The van der Waals surface area contributed by atoms with E-state index in [-0.39, 0.29) is 23.7 Å². The third kappa shape index (κ3) is 7.23. The van der Waals surface area contributed by atoms with E-state index in [0.29, 0.717) is 23.7 Å². The van der Waals surface area contributed by atoms with E-state index in [1.165, 1.54) is 6.07 Å². The van der Waals surface area contributed by atoms with Gasteiger partial charge in [-0.25, -0.2) is 4.39 Å². The van der Waals surface area contributed by atoms with Crippen LogP contribution < -0.4 is 15.0 Å². The molecule has 3 aliphatic rings. The van der Waals surface area contributed by atoms with Gasteiger partial charge in [0, 0.05) is 43.4 Å². The Bertz CT molecular complexity index is 1110. The second-order valence-electron chi connectivity index (χ2n) is 11.3. The number of nitrogens with one attached hydrogen (secondary N) is 1. The number of amides is 1. The molecule has 0 bridgehead atoms. The minimum absolute atomic E-state index is 0.00692. The number of carbonyl (C=O) groups is 1. The first-order valence-corrected chi connectivity index (χ1v) is 14.6. The first-order chi connectivity index (χ1) is 18.9. The third-order valence-electron chi connectivity index (χ3n) is 8.37. The summed E-state index contributed by atoms with van der Waals surface area (Å²) >= 11 is 6.03. The summed E-state index contributed by atoms with van der Waals surface area (Å²) in [7, 11) is 2.08. The molecule has 3 atom stereocenters. The maximum atomic E-state index is 15.1. The number of piperidine rings is 1. The highest BCUT2D eigenvalue weighted by molar-refractivity contribution is 6.30. The smallest absolute Gasteiger partial charge is 0.225 e. The fourth-order valence-corrected chi connectivity index (χ4v) is 6.07. The number of hydrogen-bond acceptors (Lipinski definition) is 6. The van der Waals surface area contributed by atoms with Crippen LogP contribution in [0.2, 0.25) is 5.02 Å². The van der Waals surface area contributed by atoms with E-state index in [0.717, 1.165) is 70.5 Å². The summed E-state index contributed by atoms with van der Waals surface area (Å²) in [4.78, 5) is 20.1. The molecule has 0 aromatic heterocycles. The van der Waals surface area contributed by atoms with Gasteiger partial charge in [0.05, 0.1) is 12.0 Å². The molecule has 0 saturated carbocycles. The van der Waals surface area contributed by atoms with Crippen molar-refractivity contribution in [3.8, 4) is 5.75 Å². The molecule has 3 aliphatic heterocycles. The van der Waals surface area contributed by atoms with Crippen molar-refractivity contribution in [3.05, 3.63) is 58.9 Å². The number of benzene rings is 2. The standard InChI is InChI=1S/C30H40ClFN4O3/c1-34-15-11-25(12-16-34)39-28-9-4-21(18-26(28)32)29(37)27(20-35-13-2-3-14-35)33-30(38)22-10-17-36(19-22)24-7-5-23(31)6-8-24/h4-9,18,22,25,27,29,37H,2-3,10-17,19-20H2,1H3,(H,33,38)/t22-,27+,29+/m0/s1. The molecular weight excluding hydrogens is 519 g/mol. The van der Waals surface area contributed by atoms with Crippen molar-refractivity contribution in [2.24, 2.45) is 5.92 Å². The van der Waals surface area contributed by atoms with E-state index in [1.807, 2.05) is 24.3 Å². The van der Waals surface area contributed by atoms with Crippen LogP contribution in [0.1, 0.15) is 43.8 Å². The molecule has 3 saturated heterocycles. The summed E-state index contributed by atoms with van der Waals surface area (Å²) in [6.45, 7) is 5.64. The van der Waals surface area contributed by atoms with E-state index in [2.05, 4.69) is 27.1 Å². The van der Waals surface area contributed by atoms with Gasteiger partial charge in [0.25, 0.3) is 0 Å². The van der Waals surface area contributed by atoms with Crippen molar-refractivity contribution < 1.29 is 19.0 Å². The van der Waals surface area contributed by atoms with Crippen molar-refractivity contribution in [2.45, 2.75) is 50.4 Å². The molecule has 3 fully saturated rings. The average molecular weight is 559 g/mol. The molecule has 39 heavy (non-hydrogen) atoms. The molecule has 9 heteroatoms. The van der Waals surface area contributed by atoms with Crippen LogP contribution in [0.5, 0.6) is 5.75 Å². The molecule has 2 aromatic rings. The minimum Gasteiger partial charge on any atom is -0.487 e. The van der Waals surface area contributed by atoms with Gasteiger partial charge in [-0.2, -0.15) is 0 Å². The second kappa shape index (κ2) is 12.9. The number of aliphatic hydroxyl groups is 1. The fourth-order valence-electron chi connectivity index (χ4n) is 5.94. The van der Waals surface area contributed by atoms with Crippen LogP contribution in [0.25, 0.3) is 0 Å². The van der Waals surface area contributed by atoms with Crippen molar-refractivity contribution >= 4 is 23.2 Å². The molecule has 7 nitrogen and oxygen atoms in total. The third-order valence-corrected chi connectivity index (χ3v) is 8.62. The van der Waals surface area contributed by atoms with Gasteiger partial charge in [0.2, 0.25) is 5.91 Å². The number of rotatable bonds is 9. The molecule has 0 radical (unpaired) electrons. The van der Waals surface area contributed by atoms with Gasteiger partial charge < -0.3 is 29.9 Å². The maximum absolute atomic E-state index is 15.1. The number of anilines is 1. The summed E-state index contributed by atoms with van der Waals surface area (Å²) < 4.78 is 21.0. The predicted molar refractivity (Wildman–Crippen MR) is 152 cm³/mol. The average Bonchev–Trinajstić information content (AvgIpc) is 3.63. The van der Waals surface area contributed by atoms with Gasteiger partial charge in [-0.15, -0.1) is 0 Å². The van der Waals surface area contributed by atoms with E-state index < -0.39 is 18.0 Å². The molecular formula is C30H40ClFN4O3. The zero-order valence-corrected chi connectivity index (χ0v) is 23.5. The number of hydrogen-bond donors (Lipinski definition) is 2. The number of halogens is 2. The summed E-state index contributed by atoms with van der Waals surface area (Å²) in [6.07, 6.45) is 3.63. The number of aliphatic hydroxyl groups excluding tert-OH is 1. The number of nitrogens with zero attached hydrogens (tertiary/aromatic N) is 3. The van der Waals surface area contributed by atoms with Crippen molar-refractivity contribution in [1.82, 2.24) is 15.1 Å². The van der Waals surface area contributed by atoms with Gasteiger partial charge >= 0.3 is 0 Å². The number of likely N-dealkylation sites (tertiary alicyclic amines) is 2. The molecule has 0 unspecified atom stereocenters. The lowest BCUT2D eigenvalue weighted by molar-refractivity contribution is -0.126. The van der Waals surface area contributed by atoms with Crippen molar-refractivity contribution in [1.29, 1.82) is 0 Å². The van der Waals surface area contributed by atoms with E-state index in [1.54, 1.807) is 12.1 Å². The number of carbonyl (C=O) groups excluding carboxylic acids is 1. The van der Waals surface area contributed by atoms with Gasteiger partial charge in [0.1, 0.15) is 12.2 Å². The zero-order chi connectivity index (χ0) is 27.4. The number of ether oxygens (including phenoxy) is 1. The van der Waals surface area contributed by atoms with Gasteiger partial charge in [0.15, 0.2) is 11.6 Å². The van der Waals surface area contributed by atoms with Crippen molar-refractivity contribution in [2.75, 3.05) is 57.8 Å². The second-order valence-corrected chi connectivity index (χ2v) is 11.7. The topological polar surface area (TPSA) is 68.3 Å². The predicted octanol–water partition coefficient (Wildman–Crippen LogP) is 4.09. The Balaban J connectivity index is 1.24. The van der Waals surface area contributed by atoms with Crippen LogP contribution in [-0.4, -0.2) is 85.8 Å². The zero-order valence-electron chi connectivity index (χ0n) is 22.7. The molecule has 2 N–H and O–H groups in total. The lowest BCUT2D eigenvalue weighted by Gasteiger charge is -2.30. The minimum atomic E-state index is -1.03. The van der Waals surface area contributed by atoms with Crippen LogP contribution in [0.15, 0.2) is 42.5 Å². The lowest BCUT2D eigenvalue weighted by atomic mass is 9.99. The summed E-state index contributed by atoms with van der Waals surface area (Å²) in [5, 5.41) is 15.2. The molecule has 0 spiro atoms. The largest absolute Gasteiger partial charge is 0.487 e. The Labute approximate surface area is 235 Å². The SMILES string of the molecule is CN1CCC(Oc2ccc([C@@H](O)[C@@H](CN3CCCC3)NC(=O)[C@H]3CCN(c4ccc(Cl)cc4)C3)cc2F)CC1. The Morgan fingerprint density at radius 3 is 2.49 bits per heavy atom. The summed E-state index contributed by atoms with van der Waals surface area (Å²) in [5.74, 6) is -0.520. The lowest BCUT2D eigenvalue weighted by Crippen LogP contribution is -2.48. The van der Waals surface area contributed by atoms with Crippen LogP contribution >= 0.6 is 11.6 Å². The van der Waals surface area contributed by atoms with Gasteiger partial charge in [-0.1, -0.05) is 17.7 Å². The van der Waals surface area contributed by atoms with Crippen LogP contribution in [0.3, 0.4) is 0 Å². The first-order valence-electron chi connectivity index (χ1n) is 14.2. The normalized spacial score (nSPS) is 22.7. The Morgan fingerprint density at radius 2 is 1.79 bits per heavy atom. The maximum Gasteiger partial charge on any atom is 0.225 e. The van der Waals surface area contributed by atoms with Crippen LogP contribution in [0.4, 0.5) is 10.1 Å². The highest BCUT2D eigenvalue weighted by atomic mass is 35.5. The molecule has 3 heterocycles. The van der Waals surface area contributed by atoms with E-state index in [4.69, 9.17) is 16.3 Å². The van der Waals surface area contributed by atoms with E-state index >= 15 is 4.39 Å². The van der Waals surface area contributed by atoms with Gasteiger partial charge in [-0.3, -0.25) is 4.79 Å². The fraction of sp³-hybridized carbons (Fsp3) is 0.567. The Morgan fingerprint density at radius 1 is 1.08 bits per heavy atom. The Kier molecular flexibility index (Phi) is 9.28. The quantitative estimate of drug-likeness (QED) is 0.483. The Hall–Kier alpha value is -2.39. The molecule has 2 aromatic carbocycles. The molecule has 5 rings (SSSR count). The molecule has 0 aliphatic carbocycles. The summed E-state index contributed by atoms with van der Waals surface area (Å²) in [5.41, 5.74) is 1.49. The summed E-state index contributed by atoms with van der Waals surface area (Å²) in [6, 6.07) is 11.8. The molecule has 212 valence electrons. The van der Waals surface area contributed by atoms with E-state index in [9.17, 15) is 9.90 Å². The van der Waals surface area contributed by atoms with Crippen LogP contribution in [-0.2, 0) is 4.79 Å². The van der Waals surface area contributed by atoms with Gasteiger partial charge in [-0.05, 0) is 94.2 Å². The highest BCUT2D eigenvalue weighted by Crippen LogP contribution is 2.29. The molecule has 1 amide bonds. The van der Waals surface area contributed by atoms with Crippen LogP contribution in [0, 0.1) is 11.7 Å².